The third-order valence-corrected chi connectivity index (χ3v) is 6.38. The highest BCUT2D eigenvalue weighted by molar-refractivity contribution is 7.89. The normalized spacial score (nSPS) is 33.5. The van der Waals surface area contributed by atoms with Crippen LogP contribution in [0.25, 0.3) is 0 Å². The zero-order chi connectivity index (χ0) is 14.6. The minimum atomic E-state index is -3.53. The SMILES string of the molecule is Cc1ccc(S(=O)(=O)NN=C2CC3CC3C3CC3C2)cc1. The van der Waals surface area contributed by atoms with Gasteiger partial charge in [0.2, 0.25) is 0 Å². The van der Waals surface area contributed by atoms with E-state index in [1.165, 1.54) is 12.8 Å². The van der Waals surface area contributed by atoms with Crippen LogP contribution in [0.3, 0.4) is 0 Å². The highest BCUT2D eigenvalue weighted by atomic mass is 32.2. The molecule has 5 heteroatoms. The molecule has 0 aliphatic heterocycles. The van der Waals surface area contributed by atoms with Gasteiger partial charge in [0, 0.05) is 5.71 Å². The van der Waals surface area contributed by atoms with Crippen molar-refractivity contribution < 1.29 is 8.42 Å². The lowest BCUT2D eigenvalue weighted by Crippen LogP contribution is -2.20. The highest BCUT2D eigenvalue weighted by Crippen LogP contribution is 2.62. The molecule has 4 unspecified atom stereocenters. The van der Waals surface area contributed by atoms with Crippen molar-refractivity contribution in [2.45, 2.75) is 37.5 Å². The summed E-state index contributed by atoms with van der Waals surface area (Å²) in [5.74, 6) is 3.36. The molecule has 4 nitrogen and oxygen atoms in total. The van der Waals surface area contributed by atoms with E-state index in [-0.39, 0.29) is 4.90 Å². The van der Waals surface area contributed by atoms with Crippen LogP contribution in [-0.4, -0.2) is 14.1 Å². The Morgan fingerprint density at radius 2 is 1.62 bits per heavy atom. The third-order valence-electron chi connectivity index (χ3n) is 5.16. The number of hydrogen-bond acceptors (Lipinski definition) is 3. The Balaban J connectivity index is 1.49. The summed E-state index contributed by atoms with van der Waals surface area (Å²) in [6.45, 7) is 1.94. The number of aryl methyl sites for hydroxylation is 1. The van der Waals surface area contributed by atoms with E-state index in [4.69, 9.17) is 0 Å². The Labute approximate surface area is 125 Å². The molecule has 1 aromatic carbocycles. The Morgan fingerprint density at radius 3 is 2.19 bits per heavy atom. The van der Waals surface area contributed by atoms with Gasteiger partial charge in [-0.25, -0.2) is 4.83 Å². The van der Waals surface area contributed by atoms with Gasteiger partial charge in [-0.3, -0.25) is 0 Å². The lowest BCUT2D eigenvalue weighted by atomic mass is 10.1. The average molecular weight is 304 g/mol. The van der Waals surface area contributed by atoms with Crippen LogP contribution in [0, 0.1) is 30.6 Å². The molecular formula is C16H20N2O2S. The maximum absolute atomic E-state index is 12.2. The number of nitrogens with one attached hydrogen (secondary N) is 1. The van der Waals surface area contributed by atoms with Gasteiger partial charge in [-0.1, -0.05) is 17.7 Å². The molecular weight excluding hydrogens is 284 g/mol. The van der Waals surface area contributed by atoms with Crippen molar-refractivity contribution in [2.24, 2.45) is 28.8 Å². The second-order valence-corrected chi connectivity index (χ2v) is 8.47. The van der Waals surface area contributed by atoms with Gasteiger partial charge < -0.3 is 0 Å². The van der Waals surface area contributed by atoms with Crippen LogP contribution >= 0.6 is 0 Å². The average Bonchev–Trinajstić information content (AvgIpc) is 3.29. The molecule has 0 spiro atoms. The van der Waals surface area contributed by atoms with Gasteiger partial charge >= 0.3 is 0 Å². The Kier molecular flexibility index (Phi) is 2.89. The number of hydrogen-bond donors (Lipinski definition) is 1. The number of rotatable bonds is 3. The molecule has 3 aliphatic carbocycles. The number of benzene rings is 1. The van der Waals surface area contributed by atoms with Crippen molar-refractivity contribution in [1.82, 2.24) is 4.83 Å². The molecule has 1 aromatic rings. The van der Waals surface area contributed by atoms with Crippen molar-refractivity contribution in [3.05, 3.63) is 29.8 Å². The van der Waals surface area contributed by atoms with Gasteiger partial charge in [0.05, 0.1) is 4.90 Å². The van der Waals surface area contributed by atoms with E-state index in [0.717, 1.165) is 47.8 Å². The van der Waals surface area contributed by atoms with Gasteiger partial charge in [-0.05, 0) is 68.4 Å². The molecule has 0 aromatic heterocycles. The summed E-state index contributed by atoms with van der Waals surface area (Å²) in [4.78, 5) is 2.71. The minimum absolute atomic E-state index is 0.277. The van der Waals surface area contributed by atoms with Crippen molar-refractivity contribution in [3.8, 4) is 0 Å². The van der Waals surface area contributed by atoms with E-state index in [2.05, 4.69) is 9.93 Å². The van der Waals surface area contributed by atoms with E-state index < -0.39 is 10.0 Å². The maximum atomic E-state index is 12.2. The molecule has 0 amide bonds. The molecule has 21 heavy (non-hydrogen) atoms. The molecule has 4 rings (SSSR count). The van der Waals surface area contributed by atoms with Crippen LogP contribution < -0.4 is 4.83 Å². The van der Waals surface area contributed by atoms with Gasteiger partial charge in [0.25, 0.3) is 10.0 Å². The van der Waals surface area contributed by atoms with Crippen LogP contribution in [0.15, 0.2) is 34.3 Å². The van der Waals surface area contributed by atoms with Crippen molar-refractivity contribution in [3.63, 3.8) is 0 Å². The summed E-state index contributed by atoms with van der Waals surface area (Å²) in [6.07, 6.45) is 4.61. The first-order valence-corrected chi connectivity index (χ1v) is 9.15. The zero-order valence-corrected chi connectivity index (χ0v) is 12.9. The maximum Gasteiger partial charge on any atom is 0.276 e. The van der Waals surface area contributed by atoms with Gasteiger partial charge in [0.1, 0.15) is 0 Å². The molecule has 1 N–H and O–H groups in total. The smallest absolute Gasteiger partial charge is 0.200 e. The molecule has 3 fully saturated rings. The predicted octanol–water partition coefficient (Wildman–Crippen LogP) is 2.70. The molecule has 3 aliphatic rings. The van der Waals surface area contributed by atoms with E-state index in [1.54, 1.807) is 24.3 Å². The van der Waals surface area contributed by atoms with E-state index in [9.17, 15) is 8.42 Å². The molecule has 0 saturated heterocycles. The van der Waals surface area contributed by atoms with Crippen molar-refractivity contribution >= 4 is 15.7 Å². The molecule has 4 atom stereocenters. The number of hydrazone groups is 1. The first kappa shape index (κ1) is 13.3. The lowest BCUT2D eigenvalue weighted by molar-refractivity contribution is 0.584. The number of nitrogens with zero attached hydrogens (tertiary/aromatic N) is 1. The zero-order valence-electron chi connectivity index (χ0n) is 12.1. The number of sulfonamides is 1. The van der Waals surface area contributed by atoms with E-state index >= 15 is 0 Å². The van der Waals surface area contributed by atoms with Crippen molar-refractivity contribution in [2.75, 3.05) is 0 Å². The largest absolute Gasteiger partial charge is 0.276 e. The van der Waals surface area contributed by atoms with Crippen LogP contribution in [-0.2, 0) is 10.0 Å². The molecule has 0 heterocycles. The molecule has 0 bridgehead atoms. The highest BCUT2D eigenvalue weighted by Gasteiger charge is 2.55. The van der Waals surface area contributed by atoms with E-state index in [0.29, 0.717) is 0 Å². The predicted molar refractivity (Wildman–Crippen MR) is 81.4 cm³/mol. The fourth-order valence-corrected chi connectivity index (χ4v) is 4.58. The monoisotopic (exact) mass is 304 g/mol. The summed E-state index contributed by atoms with van der Waals surface area (Å²) in [7, 11) is -3.53. The van der Waals surface area contributed by atoms with Crippen LogP contribution in [0.2, 0.25) is 0 Å². The third kappa shape index (κ3) is 2.59. The summed E-state index contributed by atoms with van der Waals surface area (Å²) < 4.78 is 24.5. The van der Waals surface area contributed by atoms with E-state index in [1.807, 2.05) is 6.92 Å². The standard InChI is InChI=1S/C16H20N2O2S/c1-10-2-4-14(5-3-10)21(19,20)18-17-13-6-11-8-15(11)16-9-12(16)7-13/h2-5,11-12,15-16,18H,6-9H2,1H3. The lowest BCUT2D eigenvalue weighted by Gasteiger charge is -2.07. The molecule has 112 valence electrons. The quantitative estimate of drug-likeness (QED) is 0.873. The summed E-state index contributed by atoms with van der Waals surface area (Å²) >= 11 is 0. The first-order chi connectivity index (χ1) is 10.0. The van der Waals surface area contributed by atoms with Crippen LogP contribution in [0.1, 0.15) is 31.2 Å². The number of fused-ring (bicyclic) bond motifs is 3. The van der Waals surface area contributed by atoms with Crippen LogP contribution in [0.4, 0.5) is 0 Å². The Hall–Kier alpha value is -1.36. The van der Waals surface area contributed by atoms with Crippen molar-refractivity contribution in [1.29, 1.82) is 0 Å². The first-order valence-electron chi connectivity index (χ1n) is 7.67. The summed E-state index contributed by atoms with van der Waals surface area (Å²) in [5.41, 5.74) is 2.09. The fourth-order valence-electron chi connectivity index (χ4n) is 3.73. The van der Waals surface area contributed by atoms with Gasteiger partial charge in [-0.2, -0.15) is 13.5 Å². The second kappa shape index (κ2) is 4.57. The fraction of sp³-hybridized carbons (Fsp3) is 0.562. The van der Waals surface area contributed by atoms with Crippen LogP contribution in [0.5, 0.6) is 0 Å². The minimum Gasteiger partial charge on any atom is -0.200 e. The van der Waals surface area contributed by atoms with Gasteiger partial charge in [-0.15, -0.1) is 0 Å². The summed E-state index contributed by atoms with van der Waals surface area (Å²) in [5, 5.41) is 4.25. The Bertz CT molecular complexity index is 673. The molecule has 3 saturated carbocycles. The van der Waals surface area contributed by atoms with Gasteiger partial charge in [0.15, 0.2) is 0 Å². The topological polar surface area (TPSA) is 58.5 Å². The second-order valence-electron chi connectivity index (χ2n) is 6.81. The summed E-state index contributed by atoms with van der Waals surface area (Å²) in [6, 6.07) is 6.85. The molecule has 0 radical (unpaired) electrons. The Morgan fingerprint density at radius 1 is 1.05 bits per heavy atom.